The van der Waals surface area contributed by atoms with E-state index in [1.165, 1.54) is 0 Å². The molecule has 5 nitrogen and oxygen atoms in total. The zero-order valence-electron chi connectivity index (χ0n) is 8.80. The molecule has 1 amide bonds. The summed E-state index contributed by atoms with van der Waals surface area (Å²) in [5, 5.41) is 3.87. The Bertz CT molecular complexity index is 519. The predicted octanol–water partition coefficient (Wildman–Crippen LogP) is 1.40. The fourth-order valence-corrected chi connectivity index (χ4v) is 1.31. The molecule has 0 bridgehead atoms. The molecule has 0 saturated carbocycles. The average molecular weight is 217 g/mol. The van der Waals surface area contributed by atoms with E-state index in [0.29, 0.717) is 11.4 Å². The molecule has 0 fully saturated rings. The highest BCUT2D eigenvalue weighted by molar-refractivity contribution is 5.91. The van der Waals surface area contributed by atoms with Crippen LogP contribution in [0.1, 0.15) is 23.2 Å². The minimum absolute atomic E-state index is 0.221. The molecule has 0 aliphatic rings. The molecule has 16 heavy (non-hydrogen) atoms. The fraction of sp³-hybridized carbons (Fsp3) is 0.182. The number of amides is 1. The number of pyridine rings is 1. The minimum Gasteiger partial charge on any atom is -0.364 e. The molecule has 5 heteroatoms. The lowest BCUT2D eigenvalue weighted by Gasteiger charge is -1.97. The van der Waals surface area contributed by atoms with Gasteiger partial charge in [0, 0.05) is 12.5 Å². The van der Waals surface area contributed by atoms with Gasteiger partial charge in [-0.15, -0.1) is 0 Å². The number of carbonyl (C=O) groups excluding carboxylic acids is 1. The van der Waals surface area contributed by atoms with E-state index < -0.39 is 5.91 Å². The van der Waals surface area contributed by atoms with Gasteiger partial charge in [0.25, 0.3) is 5.91 Å². The lowest BCUT2D eigenvalue weighted by atomic mass is 10.2. The van der Waals surface area contributed by atoms with E-state index in [1.807, 2.05) is 6.92 Å². The van der Waals surface area contributed by atoms with Gasteiger partial charge < -0.3 is 10.3 Å². The molecule has 0 spiro atoms. The van der Waals surface area contributed by atoms with E-state index in [4.69, 9.17) is 10.3 Å². The third kappa shape index (κ3) is 1.93. The number of primary amides is 1. The highest BCUT2D eigenvalue weighted by Crippen LogP contribution is 2.17. The molecule has 0 radical (unpaired) electrons. The van der Waals surface area contributed by atoms with Gasteiger partial charge in [-0.2, -0.15) is 0 Å². The smallest absolute Gasteiger partial charge is 0.267 e. The standard InChI is InChI=1S/C11H11N3O2/c1-2-7-6-10(14-16-7)8-4-3-5-9(13-8)11(12)15/h3-6H,2H2,1H3,(H2,12,15). The second kappa shape index (κ2) is 4.14. The van der Waals surface area contributed by atoms with Gasteiger partial charge in [-0.3, -0.25) is 4.79 Å². The molecule has 2 N–H and O–H groups in total. The molecule has 0 aromatic carbocycles. The Kier molecular flexibility index (Phi) is 2.68. The van der Waals surface area contributed by atoms with Gasteiger partial charge in [0.2, 0.25) is 0 Å². The van der Waals surface area contributed by atoms with Gasteiger partial charge in [-0.1, -0.05) is 18.1 Å². The average Bonchev–Trinajstić information content (AvgIpc) is 2.77. The van der Waals surface area contributed by atoms with Crippen molar-refractivity contribution in [1.29, 1.82) is 0 Å². The summed E-state index contributed by atoms with van der Waals surface area (Å²) >= 11 is 0. The number of nitrogens with zero attached hydrogens (tertiary/aromatic N) is 2. The lowest BCUT2D eigenvalue weighted by Crippen LogP contribution is -2.13. The molecule has 2 heterocycles. The molecule has 2 aromatic rings. The van der Waals surface area contributed by atoms with Crippen LogP contribution >= 0.6 is 0 Å². The van der Waals surface area contributed by atoms with E-state index in [9.17, 15) is 4.79 Å². The molecule has 0 unspecified atom stereocenters. The first-order valence-electron chi connectivity index (χ1n) is 4.93. The van der Waals surface area contributed by atoms with E-state index in [-0.39, 0.29) is 5.69 Å². The summed E-state index contributed by atoms with van der Waals surface area (Å²) < 4.78 is 5.06. The third-order valence-corrected chi connectivity index (χ3v) is 2.17. The first-order chi connectivity index (χ1) is 7.70. The molecular weight excluding hydrogens is 206 g/mol. The van der Waals surface area contributed by atoms with Crippen LogP contribution in [0.5, 0.6) is 0 Å². The summed E-state index contributed by atoms with van der Waals surface area (Å²) in [7, 11) is 0. The van der Waals surface area contributed by atoms with Crippen molar-refractivity contribution in [3.05, 3.63) is 35.7 Å². The lowest BCUT2D eigenvalue weighted by molar-refractivity contribution is 0.0995. The molecule has 82 valence electrons. The summed E-state index contributed by atoms with van der Waals surface area (Å²) in [6.45, 7) is 1.97. The first-order valence-corrected chi connectivity index (χ1v) is 4.93. The maximum atomic E-state index is 11.0. The van der Waals surface area contributed by atoms with Crippen molar-refractivity contribution in [2.75, 3.05) is 0 Å². The van der Waals surface area contributed by atoms with E-state index in [0.717, 1.165) is 12.2 Å². The van der Waals surface area contributed by atoms with Crippen LogP contribution < -0.4 is 5.73 Å². The number of aryl methyl sites for hydroxylation is 1. The predicted molar refractivity (Wildman–Crippen MR) is 57.6 cm³/mol. The van der Waals surface area contributed by atoms with Crippen molar-refractivity contribution >= 4 is 5.91 Å². The normalized spacial score (nSPS) is 10.3. The summed E-state index contributed by atoms with van der Waals surface area (Å²) in [5.41, 5.74) is 6.56. The number of carbonyl (C=O) groups is 1. The van der Waals surface area contributed by atoms with Crippen LogP contribution in [0.2, 0.25) is 0 Å². The molecule has 2 aromatic heterocycles. The van der Waals surface area contributed by atoms with Crippen molar-refractivity contribution in [2.45, 2.75) is 13.3 Å². The van der Waals surface area contributed by atoms with Gasteiger partial charge in [0.15, 0.2) is 0 Å². The minimum atomic E-state index is -0.555. The van der Waals surface area contributed by atoms with Crippen LogP contribution in [0.15, 0.2) is 28.8 Å². The Morgan fingerprint density at radius 3 is 2.88 bits per heavy atom. The van der Waals surface area contributed by atoms with Crippen LogP contribution in [0.25, 0.3) is 11.4 Å². The van der Waals surface area contributed by atoms with Crippen molar-refractivity contribution in [1.82, 2.24) is 10.1 Å². The Morgan fingerprint density at radius 1 is 1.44 bits per heavy atom. The van der Waals surface area contributed by atoms with Gasteiger partial charge in [0.1, 0.15) is 17.1 Å². The van der Waals surface area contributed by atoms with Crippen molar-refractivity contribution in [2.24, 2.45) is 5.73 Å². The Labute approximate surface area is 92.3 Å². The monoisotopic (exact) mass is 217 g/mol. The van der Waals surface area contributed by atoms with Crippen molar-refractivity contribution in [3.8, 4) is 11.4 Å². The summed E-state index contributed by atoms with van der Waals surface area (Å²) in [6, 6.07) is 6.83. The van der Waals surface area contributed by atoms with Crippen molar-refractivity contribution < 1.29 is 9.32 Å². The molecule has 0 atom stereocenters. The van der Waals surface area contributed by atoms with Crippen LogP contribution in [0, 0.1) is 0 Å². The summed E-state index contributed by atoms with van der Waals surface area (Å²) in [5.74, 6) is 0.224. The number of hydrogen-bond acceptors (Lipinski definition) is 4. The highest BCUT2D eigenvalue weighted by atomic mass is 16.5. The molecule has 0 aliphatic heterocycles. The number of hydrogen-bond donors (Lipinski definition) is 1. The van der Waals surface area contributed by atoms with E-state index in [2.05, 4.69) is 10.1 Å². The maximum absolute atomic E-state index is 11.0. The van der Waals surface area contributed by atoms with Gasteiger partial charge in [-0.05, 0) is 12.1 Å². The van der Waals surface area contributed by atoms with Gasteiger partial charge in [0.05, 0.1) is 5.69 Å². The Morgan fingerprint density at radius 2 is 2.25 bits per heavy atom. The van der Waals surface area contributed by atoms with Gasteiger partial charge >= 0.3 is 0 Å². The zero-order valence-corrected chi connectivity index (χ0v) is 8.80. The molecule has 2 rings (SSSR count). The Hall–Kier alpha value is -2.17. The van der Waals surface area contributed by atoms with Gasteiger partial charge in [-0.25, -0.2) is 4.98 Å². The first kappa shape index (κ1) is 10.4. The third-order valence-electron chi connectivity index (χ3n) is 2.17. The SMILES string of the molecule is CCc1cc(-c2cccc(C(N)=O)n2)no1. The summed E-state index contributed by atoms with van der Waals surface area (Å²) in [6.07, 6.45) is 0.766. The topological polar surface area (TPSA) is 82.0 Å². The quantitative estimate of drug-likeness (QED) is 0.842. The maximum Gasteiger partial charge on any atom is 0.267 e. The molecule has 0 saturated heterocycles. The van der Waals surface area contributed by atoms with Crippen molar-refractivity contribution in [3.63, 3.8) is 0 Å². The molecular formula is C11H11N3O2. The van der Waals surface area contributed by atoms with E-state index >= 15 is 0 Å². The van der Waals surface area contributed by atoms with E-state index in [1.54, 1.807) is 24.3 Å². The van der Waals surface area contributed by atoms with Crippen LogP contribution in [-0.4, -0.2) is 16.0 Å². The number of aromatic nitrogens is 2. The number of rotatable bonds is 3. The van der Waals surface area contributed by atoms with Crippen LogP contribution in [0.3, 0.4) is 0 Å². The van der Waals surface area contributed by atoms with Crippen LogP contribution in [0.4, 0.5) is 0 Å². The second-order valence-electron chi connectivity index (χ2n) is 3.30. The zero-order chi connectivity index (χ0) is 11.5. The number of nitrogens with two attached hydrogens (primary N) is 1. The second-order valence-corrected chi connectivity index (χ2v) is 3.30. The fourth-order valence-electron chi connectivity index (χ4n) is 1.31. The Balaban J connectivity index is 2.40. The molecule has 0 aliphatic carbocycles. The summed E-state index contributed by atoms with van der Waals surface area (Å²) in [4.78, 5) is 15.1. The van der Waals surface area contributed by atoms with Crippen LogP contribution in [-0.2, 0) is 6.42 Å². The highest BCUT2D eigenvalue weighted by Gasteiger charge is 2.09. The largest absolute Gasteiger partial charge is 0.364 e.